The van der Waals surface area contributed by atoms with Gasteiger partial charge in [-0.05, 0) is 30.3 Å². The Labute approximate surface area is 145 Å². The normalized spacial score (nSPS) is 14.3. The third-order valence-corrected chi connectivity index (χ3v) is 3.95. The summed E-state index contributed by atoms with van der Waals surface area (Å²) in [6.45, 7) is 3.24. The Hall–Kier alpha value is -3.06. The number of morpholine rings is 1. The van der Waals surface area contributed by atoms with E-state index in [0.717, 1.165) is 49.1 Å². The minimum absolute atomic E-state index is 0.530. The Morgan fingerprint density at radius 3 is 2.64 bits per heavy atom. The van der Waals surface area contributed by atoms with Crippen LogP contribution in [0, 0.1) is 0 Å². The standard InChI is InChI=1S/C18H18N6O/c1-2-14(12-19-6-1)16-5-7-20-18(23-16)22-15-3-4-17(21-13-15)24-8-10-25-11-9-24/h1-7,12-13H,8-11H2,(H,20,22,23). The average Bonchev–Trinajstić information content (AvgIpc) is 2.70. The second kappa shape index (κ2) is 7.23. The number of hydrogen-bond acceptors (Lipinski definition) is 7. The van der Waals surface area contributed by atoms with Gasteiger partial charge in [0.25, 0.3) is 0 Å². The molecule has 0 atom stereocenters. The fourth-order valence-electron chi connectivity index (χ4n) is 2.66. The molecule has 0 bridgehead atoms. The quantitative estimate of drug-likeness (QED) is 0.785. The molecule has 1 aliphatic rings. The molecule has 0 amide bonds. The molecule has 0 radical (unpaired) electrons. The van der Waals surface area contributed by atoms with Crippen molar-refractivity contribution < 1.29 is 4.74 Å². The number of hydrogen-bond donors (Lipinski definition) is 1. The van der Waals surface area contributed by atoms with E-state index in [1.54, 1.807) is 24.8 Å². The first-order chi connectivity index (χ1) is 12.4. The molecule has 7 heteroatoms. The predicted molar refractivity (Wildman–Crippen MR) is 95.8 cm³/mol. The molecule has 1 N–H and O–H groups in total. The van der Waals surface area contributed by atoms with Gasteiger partial charge in [-0.1, -0.05) is 0 Å². The molecule has 1 fully saturated rings. The van der Waals surface area contributed by atoms with Crippen LogP contribution in [-0.4, -0.2) is 46.2 Å². The summed E-state index contributed by atoms with van der Waals surface area (Å²) in [5, 5.41) is 3.20. The lowest BCUT2D eigenvalue weighted by atomic mass is 10.2. The topological polar surface area (TPSA) is 76.1 Å². The van der Waals surface area contributed by atoms with Gasteiger partial charge in [0.15, 0.2) is 0 Å². The summed E-state index contributed by atoms with van der Waals surface area (Å²) in [7, 11) is 0. The van der Waals surface area contributed by atoms with Gasteiger partial charge in [0, 0.05) is 37.2 Å². The van der Waals surface area contributed by atoms with Gasteiger partial charge >= 0.3 is 0 Å². The second-order valence-electron chi connectivity index (χ2n) is 5.64. The average molecular weight is 334 g/mol. The zero-order valence-electron chi connectivity index (χ0n) is 13.7. The Morgan fingerprint density at radius 2 is 1.88 bits per heavy atom. The van der Waals surface area contributed by atoms with Crippen molar-refractivity contribution in [3.63, 3.8) is 0 Å². The number of ether oxygens (including phenoxy) is 1. The third kappa shape index (κ3) is 3.72. The summed E-state index contributed by atoms with van der Waals surface area (Å²) in [6.07, 6.45) is 7.05. The molecule has 0 unspecified atom stereocenters. The first-order valence-corrected chi connectivity index (χ1v) is 8.18. The number of rotatable bonds is 4. The van der Waals surface area contributed by atoms with E-state index in [1.165, 1.54) is 0 Å². The monoisotopic (exact) mass is 334 g/mol. The molecule has 1 aliphatic heterocycles. The van der Waals surface area contributed by atoms with E-state index in [-0.39, 0.29) is 0 Å². The number of nitrogens with one attached hydrogen (secondary N) is 1. The SMILES string of the molecule is c1cncc(-c2ccnc(Nc3ccc(N4CCOCC4)nc3)n2)c1. The molecule has 4 heterocycles. The van der Waals surface area contributed by atoms with Crippen LogP contribution in [0.1, 0.15) is 0 Å². The Kier molecular flexibility index (Phi) is 4.47. The fourth-order valence-corrected chi connectivity index (χ4v) is 2.66. The van der Waals surface area contributed by atoms with Gasteiger partial charge < -0.3 is 15.0 Å². The number of nitrogens with zero attached hydrogens (tertiary/aromatic N) is 5. The van der Waals surface area contributed by atoms with Gasteiger partial charge in [0.1, 0.15) is 5.82 Å². The summed E-state index contributed by atoms with van der Waals surface area (Å²) in [5.41, 5.74) is 2.62. The van der Waals surface area contributed by atoms with Gasteiger partial charge in [-0.2, -0.15) is 0 Å². The zero-order chi connectivity index (χ0) is 16.9. The van der Waals surface area contributed by atoms with Crippen molar-refractivity contribution in [3.05, 3.63) is 55.1 Å². The van der Waals surface area contributed by atoms with E-state index < -0.39 is 0 Å². The van der Waals surface area contributed by atoms with Gasteiger partial charge in [0.05, 0.1) is 30.8 Å². The molecule has 0 spiro atoms. The maximum atomic E-state index is 5.37. The molecule has 0 aromatic carbocycles. The molecule has 3 aromatic heterocycles. The van der Waals surface area contributed by atoms with Crippen molar-refractivity contribution in [2.45, 2.75) is 0 Å². The maximum absolute atomic E-state index is 5.37. The van der Waals surface area contributed by atoms with Crippen molar-refractivity contribution in [3.8, 4) is 11.3 Å². The Bertz CT molecular complexity index is 818. The largest absolute Gasteiger partial charge is 0.378 e. The molecule has 126 valence electrons. The first kappa shape index (κ1) is 15.5. The fraction of sp³-hybridized carbons (Fsp3) is 0.222. The lowest BCUT2D eigenvalue weighted by molar-refractivity contribution is 0.122. The molecular formula is C18H18N6O. The van der Waals surface area contributed by atoms with Crippen molar-refractivity contribution in [1.29, 1.82) is 0 Å². The van der Waals surface area contributed by atoms with Crippen LogP contribution in [-0.2, 0) is 4.74 Å². The highest BCUT2D eigenvalue weighted by atomic mass is 16.5. The van der Waals surface area contributed by atoms with Crippen LogP contribution in [0.4, 0.5) is 17.5 Å². The van der Waals surface area contributed by atoms with Crippen molar-refractivity contribution in [2.75, 3.05) is 36.5 Å². The molecule has 4 rings (SSSR count). The number of pyridine rings is 2. The van der Waals surface area contributed by atoms with Gasteiger partial charge in [-0.3, -0.25) is 4.98 Å². The van der Waals surface area contributed by atoms with Crippen LogP contribution >= 0.6 is 0 Å². The van der Waals surface area contributed by atoms with E-state index >= 15 is 0 Å². The summed E-state index contributed by atoms with van der Waals surface area (Å²) in [6, 6.07) is 9.70. The smallest absolute Gasteiger partial charge is 0.227 e. The molecule has 0 aliphatic carbocycles. The summed E-state index contributed by atoms with van der Waals surface area (Å²) in [5.74, 6) is 1.49. The van der Waals surface area contributed by atoms with E-state index in [1.807, 2.05) is 30.3 Å². The number of aromatic nitrogens is 4. The van der Waals surface area contributed by atoms with Crippen LogP contribution in [0.15, 0.2) is 55.1 Å². The number of anilines is 3. The third-order valence-electron chi connectivity index (χ3n) is 3.95. The first-order valence-electron chi connectivity index (χ1n) is 8.18. The van der Waals surface area contributed by atoms with Crippen molar-refractivity contribution in [2.24, 2.45) is 0 Å². The summed E-state index contributed by atoms with van der Waals surface area (Å²) in [4.78, 5) is 19.7. The highest BCUT2D eigenvalue weighted by molar-refractivity contribution is 5.61. The van der Waals surface area contributed by atoms with Crippen LogP contribution in [0.3, 0.4) is 0 Å². The lowest BCUT2D eigenvalue weighted by Gasteiger charge is -2.27. The van der Waals surface area contributed by atoms with E-state index in [2.05, 4.69) is 30.2 Å². The molecule has 7 nitrogen and oxygen atoms in total. The highest BCUT2D eigenvalue weighted by Crippen LogP contribution is 2.20. The predicted octanol–water partition coefficient (Wildman–Crippen LogP) is 2.51. The van der Waals surface area contributed by atoms with Gasteiger partial charge in [-0.15, -0.1) is 0 Å². The van der Waals surface area contributed by atoms with Gasteiger partial charge in [0.2, 0.25) is 5.95 Å². The van der Waals surface area contributed by atoms with Crippen molar-refractivity contribution >= 4 is 17.5 Å². The zero-order valence-corrected chi connectivity index (χ0v) is 13.7. The molecule has 3 aromatic rings. The minimum Gasteiger partial charge on any atom is -0.378 e. The molecule has 25 heavy (non-hydrogen) atoms. The van der Waals surface area contributed by atoms with Crippen LogP contribution in [0.25, 0.3) is 11.3 Å². The Morgan fingerprint density at radius 1 is 0.960 bits per heavy atom. The summed E-state index contributed by atoms with van der Waals surface area (Å²) >= 11 is 0. The maximum Gasteiger partial charge on any atom is 0.227 e. The lowest BCUT2D eigenvalue weighted by Crippen LogP contribution is -2.36. The molecular weight excluding hydrogens is 316 g/mol. The highest BCUT2D eigenvalue weighted by Gasteiger charge is 2.12. The van der Waals surface area contributed by atoms with E-state index in [0.29, 0.717) is 5.95 Å². The van der Waals surface area contributed by atoms with Gasteiger partial charge in [-0.25, -0.2) is 15.0 Å². The molecule has 0 saturated carbocycles. The van der Waals surface area contributed by atoms with Crippen molar-refractivity contribution in [1.82, 2.24) is 19.9 Å². The van der Waals surface area contributed by atoms with Crippen LogP contribution in [0.2, 0.25) is 0 Å². The van der Waals surface area contributed by atoms with E-state index in [9.17, 15) is 0 Å². The second-order valence-corrected chi connectivity index (χ2v) is 5.64. The van der Waals surface area contributed by atoms with Crippen LogP contribution in [0.5, 0.6) is 0 Å². The molecule has 1 saturated heterocycles. The van der Waals surface area contributed by atoms with Crippen LogP contribution < -0.4 is 10.2 Å². The summed E-state index contributed by atoms with van der Waals surface area (Å²) < 4.78 is 5.37. The minimum atomic E-state index is 0.530. The van der Waals surface area contributed by atoms with E-state index in [4.69, 9.17) is 4.74 Å². The Balaban J connectivity index is 1.48.